The van der Waals surface area contributed by atoms with Gasteiger partial charge < -0.3 is 15.0 Å². The summed E-state index contributed by atoms with van der Waals surface area (Å²) < 4.78 is 7.31. The number of carbonyl (C=O) groups excluding carboxylic acids is 1. The number of hydrogen-bond acceptors (Lipinski definition) is 3. The van der Waals surface area contributed by atoms with Crippen LogP contribution < -0.4 is 5.73 Å². The van der Waals surface area contributed by atoms with E-state index in [2.05, 4.69) is 12.1 Å². The molecule has 124 valence electrons. The molecule has 0 amide bonds. The van der Waals surface area contributed by atoms with E-state index in [-0.39, 0.29) is 11.8 Å². The third-order valence-corrected chi connectivity index (χ3v) is 4.31. The first-order chi connectivity index (χ1) is 11.5. The summed E-state index contributed by atoms with van der Waals surface area (Å²) in [6, 6.07) is 12.1. The second-order valence-electron chi connectivity index (χ2n) is 5.81. The molecule has 0 saturated heterocycles. The molecule has 3 N–H and O–H groups in total. The Morgan fingerprint density at radius 2 is 1.96 bits per heavy atom. The lowest BCUT2D eigenvalue weighted by Gasteiger charge is -2.07. The molecule has 0 saturated carbocycles. The van der Waals surface area contributed by atoms with Crippen molar-refractivity contribution in [1.29, 1.82) is 5.41 Å². The van der Waals surface area contributed by atoms with Gasteiger partial charge in [-0.25, -0.2) is 4.79 Å². The fourth-order valence-corrected chi connectivity index (χ4v) is 3.25. The van der Waals surface area contributed by atoms with Crippen molar-refractivity contribution in [3.8, 4) is 0 Å². The number of rotatable bonds is 5. The lowest BCUT2D eigenvalue weighted by molar-refractivity contribution is 0.0527. The highest BCUT2D eigenvalue weighted by atomic mass is 16.5. The first kappa shape index (κ1) is 16.1. The summed E-state index contributed by atoms with van der Waals surface area (Å²) in [5.41, 5.74) is 7.97. The van der Waals surface area contributed by atoms with Gasteiger partial charge in [0.2, 0.25) is 0 Å². The Morgan fingerprint density at radius 1 is 1.21 bits per heavy atom. The molecule has 24 heavy (non-hydrogen) atoms. The van der Waals surface area contributed by atoms with Gasteiger partial charge in [0.15, 0.2) is 0 Å². The Hall–Kier alpha value is -2.82. The molecule has 5 heteroatoms. The Morgan fingerprint density at radius 3 is 2.67 bits per heavy atom. The molecule has 2 aromatic carbocycles. The number of amidine groups is 1. The summed E-state index contributed by atoms with van der Waals surface area (Å²) in [6.45, 7) is 2.13. The molecule has 5 nitrogen and oxygen atoms in total. The van der Waals surface area contributed by atoms with Gasteiger partial charge >= 0.3 is 5.97 Å². The predicted molar refractivity (Wildman–Crippen MR) is 96.6 cm³/mol. The van der Waals surface area contributed by atoms with E-state index < -0.39 is 0 Å². The summed E-state index contributed by atoms with van der Waals surface area (Å²) in [5, 5.41) is 10.6. The fraction of sp³-hybridized carbons (Fsp3) is 0.263. The molecule has 3 rings (SSSR count). The van der Waals surface area contributed by atoms with Crippen molar-refractivity contribution < 1.29 is 9.53 Å². The second-order valence-corrected chi connectivity index (χ2v) is 5.81. The number of hydrogen-bond donors (Lipinski definition) is 2. The van der Waals surface area contributed by atoms with Crippen molar-refractivity contribution in [2.75, 3.05) is 6.61 Å². The van der Waals surface area contributed by atoms with Crippen molar-refractivity contribution in [2.45, 2.75) is 19.8 Å². The van der Waals surface area contributed by atoms with Gasteiger partial charge in [-0.1, -0.05) is 36.4 Å². The first-order valence-corrected chi connectivity index (χ1v) is 8.03. The topological polar surface area (TPSA) is 81.1 Å². The van der Waals surface area contributed by atoms with E-state index in [4.69, 9.17) is 15.9 Å². The monoisotopic (exact) mass is 323 g/mol. The number of aryl methyl sites for hydroxylation is 1. The maximum absolute atomic E-state index is 12.6. The van der Waals surface area contributed by atoms with Gasteiger partial charge in [-0.3, -0.25) is 5.41 Å². The summed E-state index contributed by atoms with van der Waals surface area (Å²) in [5.74, 6) is -0.211. The van der Waals surface area contributed by atoms with Crippen LogP contribution in [-0.2, 0) is 18.2 Å². The van der Waals surface area contributed by atoms with Crippen LogP contribution in [0.4, 0.5) is 0 Å². The molecule has 0 unspecified atom stereocenters. The quantitative estimate of drug-likeness (QED) is 0.429. The summed E-state index contributed by atoms with van der Waals surface area (Å²) in [6.07, 6.45) is 0.942. The van der Waals surface area contributed by atoms with Crippen LogP contribution in [0.2, 0.25) is 0 Å². The van der Waals surface area contributed by atoms with Crippen LogP contribution in [-0.4, -0.2) is 23.0 Å². The van der Waals surface area contributed by atoms with Gasteiger partial charge in [-0.05, 0) is 18.7 Å². The average molecular weight is 323 g/mol. The Kier molecular flexibility index (Phi) is 4.25. The molecule has 0 aliphatic carbocycles. The molecule has 1 heterocycles. The average Bonchev–Trinajstić information content (AvgIpc) is 2.85. The van der Waals surface area contributed by atoms with E-state index >= 15 is 0 Å². The van der Waals surface area contributed by atoms with Crippen molar-refractivity contribution in [1.82, 2.24) is 4.57 Å². The Labute approximate surface area is 140 Å². The predicted octanol–water partition coefficient (Wildman–Crippen LogP) is 3.38. The van der Waals surface area contributed by atoms with Crippen LogP contribution in [0.3, 0.4) is 0 Å². The number of esters is 1. The fourth-order valence-electron chi connectivity index (χ4n) is 3.25. The number of fused-ring (bicyclic) bond motifs is 3. The third kappa shape index (κ3) is 2.62. The van der Waals surface area contributed by atoms with Gasteiger partial charge in [0.05, 0.1) is 23.5 Å². The van der Waals surface area contributed by atoms with Crippen LogP contribution in [0.5, 0.6) is 0 Å². The third-order valence-electron chi connectivity index (χ3n) is 4.31. The lowest BCUT2D eigenvalue weighted by Crippen LogP contribution is -2.14. The van der Waals surface area contributed by atoms with Crippen LogP contribution in [0.25, 0.3) is 21.7 Å². The number of benzene rings is 2. The molecule has 3 aromatic rings. The maximum atomic E-state index is 12.6. The molecule has 0 radical (unpaired) electrons. The molecule has 0 bridgehead atoms. The molecular weight excluding hydrogens is 302 g/mol. The number of carbonyl (C=O) groups is 1. The van der Waals surface area contributed by atoms with Gasteiger partial charge in [0, 0.05) is 29.9 Å². The minimum absolute atomic E-state index is 0.111. The Balaban J connectivity index is 2.31. The maximum Gasteiger partial charge on any atom is 0.340 e. The van der Waals surface area contributed by atoms with Crippen molar-refractivity contribution >= 4 is 33.5 Å². The number of nitrogens with zero attached hydrogens (tertiary/aromatic N) is 1. The number of ether oxygens (including phenoxy) is 1. The number of nitrogens with one attached hydrogen (secondary N) is 1. The van der Waals surface area contributed by atoms with Crippen molar-refractivity contribution in [2.24, 2.45) is 12.8 Å². The minimum Gasteiger partial charge on any atom is -0.462 e. The van der Waals surface area contributed by atoms with E-state index in [9.17, 15) is 4.79 Å². The SMILES string of the molecule is CCOC(=O)c1c(CCC(=N)N)n(C)c2c1ccc1ccccc12. The lowest BCUT2D eigenvalue weighted by atomic mass is 10.0. The zero-order valence-electron chi connectivity index (χ0n) is 13.9. The molecule has 1 aromatic heterocycles. The van der Waals surface area contributed by atoms with E-state index in [1.807, 2.05) is 35.9 Å². The highest BCUT2D eigenvalue weighted by molar-refractivity contribution is 6.14. The first-order valence-electron chi connectivity index (χ1n) is 8.03. The van der Waals surface area contributed by atoms with Crippen molar-refractivity contribution in [3.05, 3.63) is 47.7 Å². The van der Waals surface area contributed by atoms with Crippen LogP contribution in [0.1, 0.15) is 29.4 Å². The molecule has 0 aliphatic heterocycles. The van der Waals surface area contributed by atoms with E-state index in [0.29, 0.717) is 25.0 Å². The van der Waals surface area contributed by atoms with Crippen molar-refractivity contribution in [3.63, 3.8) is 0 Å². The van der Waals surface area contributed by atoms with Crippen LogP contribution >= 0.6 is 0 Å². The van der Waals surface area contributed by atoms with Crippen LogP contribution in [0, 0.1) is 5.41 Å². The van der Waals surface area contributed by atoms with Gasteiger partial charge in [0.1, 0.15) is 0 Å². The molecular formula is C19H21N3O2. The highest BCUT2D eigenvalue weighted by Crippen LogP contribution is 2.32. The van der Waals surface area contributed by atoms with Gasteiger partial charge in [-0.15, -0.1) is 0 Å². The minimum atomic E-state index is -0.322. The summed E-state index contributed by atoms with van der Waals surface area (Å²) >= 11 is 0. The molecule has 0 aliphatic rings. The van der Waals surface area contributed by atoms with E-state index in [0.717, 1.165) is 27.4 Å². The smallest absolute Gasteiger partial charge is 0.340 e. The van der Waals surface area contributed by atoms with Gasteiger partial charge in [-0.2, -0.15) is 0 Å². The van der Waals surface area contributed by atoms with Crippen LogP contribution in [0.15, 0.2) is 36.4 Å². The molecule has 0 atom stereocenters. The normalized spacial score (nSPS) is 11.1. The van der Waals surface area contributed by atoms with E-state index in [1.54, 1.807) is 6.92 Å². The zero-order valence-corrected chi connectivity index (χ0v) is 13.9. The highest BCUT2D eigenvalue weighted by Gasteiger charge is 2.23. The largest absolute Gasteiger partial charge is 0.462 e. The van der Waals surface area contributed by atoms with Gasteiger partial charge in [0.25, 0.3) is 0 Å². The molecule has 0 fully saturated rings. The number of nitrogens with two attached hydrogens (primary N) is 1. The zero-order chi connectivity index (χ0) is 17.3. The summed E-state index contributed by atoms with van der Waals surface area (Å²) in [7, 11) is 1.95. The summed E-state index contributed by atoms with van der Waals surface area (Å²) in [4.78, 5) is 12.6. The number of aromatic nitrogens is 1. The van der Waals surface area contributed by atoms with E-state index in [1.165, 1.54) is 0 Å². The second kappa shape index (κ2) is 6.35. The standard InChI is InChI=1S/C19H21N3O2/c1-3-24-19(23)17-14-9-8-12-6-4-5-7-13(12)18(14)22(2)15(17)10-11-16(20)21/h4-9H,3,10-11H2,1-2H3,(H3,20,21). The Bertz CT molecular complexity index is 941. The molecule has 0 spiro atoms.